The van der Waals surface area contributed by atoms with Gasteiger partial charge in [0.2, 0.25) is 0 Å². The van der Waals surface area contributed by atoms with Crippen molar-refractivity contribution in [1.82, 2.24) is 9.38 Å². The zero-order valence-electron chi connectivity index (χ0n) is 13.3. The number of halogens is 1. The number of carbonyl (C=O) groups excluding carboxylic acids is 1. The van der Waals surface area contributed by atoms with Crippen LogP contribution >= 0.6 is 11.6 Å². The Bertz CT molecular complexity index is 999. The lowest BCUT2D eigenvalue weighted by Gasteiger charge is -2.07. The Hall–Kier alpha value is -3.13. The maximum absolute atomic E-state index is 12.7. The molecular weight excluding hydrogens is 348 g/mol. The molecule has 0 aliphatic heterocycles. The van der Waals surface area contributed by atoms with Gasteiger partial charge < -0.3 is 10.1 Å². The van der Waals surface area contributed by atoms with Gasteiger partial charge in [0.25, 0.3) is 11.6 Å². The number of aryl methyl sites for hydroxylation is 1. The Labute approximate surface area is 147 Å². The van der Waals surface area contributed by atoms with Gasteiger partial charge in [-0.15, -0.1) is 0 Å². The number of rotatable bonds is 4. The van der Waals surface area contributed by atoms with Gasteiger partial charge >= 0.3 is 0 Å². The van der Waals surface area contributed by atoms with Gasteiger partial charge in [-0.25, -0.2) is 4.98 Å². The number of aromatic nitrogens is 2. The highest BCUT2D eigenvalue weighted by molar-refractivity contribution is 6.32. The van der Waals surface area contributed by atoms with Crippen molar-refractivity contribution in [3.8, 4) is 5.75 Å². The average Bonchev–Trinajstić information content (AvgIpc) is 2.92. The van der Waals surface area contributed by atoms with Crippen LogP contribution in [0.15, 0.2) is 36.5 Å². The Morgan fingerprint density at radius 2 is 2.16 bits per heavy atom. The molecule has 1 amide bonds. The van der Waals surface area contributed by atoms with Gasteiger partial charge in [0.1, 0.15) is 10.7 Å². The third kappa shape index (κ3) is 2.99. The van der Waals surface area contributed by atoms with Gasteiger partial charge in [-0.05, 0) is 31.2 Å². The summed E-state index contributed by atoms with van der Waals surface area (Å²) in [5.41, 5.74) is 1.31. The largest absolute Gasteiger partial charge is 0.493 e. The van der Waals surface area contributed by atoms with Crippen molar-refractivity contribution in [3.05, 3.63) is 63.1 Å². The molecule has 2 heterocycles. The SMILES string of the molecule is COc1cccn2c(C(=O)Nc3ccc(Cl)c([N+](=O)[O-])c3)c(C)nc12. The predicted molar refractivity (Wildman–Crippen MR) is 92.5 cm³/mol. The standard InChI is InChI=1S/C16H13ClN4O4/c1-9-14(20-7-3-4-13(25-2)15(20)18-9)16(22)19-10-5-6-11(17)12(8-10)21(23)24/h3-8H,1-2H3,(H,19,22). The summed E-state index contributed by atoms with van der Waals surface area (Å²) in [5.74, 6) is 0.0849. The summed E-state index contributed by atoms with van der Waals surface area (Å²) >= 11 is 5.78. The summed E-state index contributed by atoms with van der Waals surface area (Å²) in [4.78, 5) is 27.4. The molecule has 2 aromatic heterocycles. The molecule has 9 heteroatoms. The molecule has 0 unspecified atom stereocenters. The molecule has 0 saturated carbocycles. The number of hydrogen-bond acceptors (Lipinski definition) is 5. The predicted octanol–water partition coefficient (Wildman–Crippen LogP) is 3.47. The minimum absolute atomic E-state index is 0.00119. The number of carbonyl (C=O) groups is 1. The van der Waals surface area contributed by atoms with Crippen LogP contribution < -0.4 is 10.1 Å². The van der Waals surface area contributed by atoms with Crippen molar-refractivity contribution in [1.29, 1.82) is 0 Å². The van der Waals surface area contributed by atoms with Crippen LogP contribution in [0, 0.1) is 17.0 Å². The normalized spacial score (nSPS) is 10.7. The zero-order chi connectivity index (χ0) is 18.1. The lowest BCUT2D eigenvalue weighted by Crippen LogP contribution is -2.15. The van der Waals surface area contributed by atoms with Gasteiger partial charge in [0.05, 0.1) is 17.7 Å². The van der Waals surface area contributed by atoms with Gasteiger partial charge in [-0.2, -0.15) is 0 Å². The molecule has 0 saturated heterocycles. The number of benzene rings is 1. The van der Waals surface area contributed by atoms with E-state index in [-0.39, 0.29) is 16.4 Å². The molecule has 25 heavy (non-hydrogen) atoms. The van der Waals surface area contributed by atoms with Gasteiger partial charge in [0, 0.05) is 18.0 Å². The number of nitro groups is 1. The number of anilines is 1. The highest BCUT2D eigenvalue weighted by Gasteiger charge is 2.20. The van der Waals surface area contributed by atoms with Crippen molar-refractivity contribution in [3.63, 3.8) is 0 Å². The van der Waals surface area contributed by atoms with Crippen LogP contribution in [0.5, 0.6) is 5.75 Å². The summed E-state index contributed by atoms with van der Waals surface area (Å²) in [7, 11) is 1.52. The van der Waals surface area contributed by atoms with E-state index in [4.69, 9.17) is 16.3 Å². The van der Waals surface area contributed by atoms with E-state index in [0.717, 1.165) is 0 Å². The van der Waals surface area contributed by atoms with E-state index in [1.165, 1.54) is 25.3 Å². The molecule has 0 fully saturated rings. The molecule has 1 aromatic carbocycles. The lowest BCUT2D eigenvalue weighted by molar-refractivity contribution is -0.384. The van der Waals surface area contributed by atoms with E-state index in [2.05, 4.69) is 10.3 Å². The third-order valence-electron chi connectivity index (χ3n) is 3.62. The molecule has 8 nitrogen and oxygen atoms in total. The Kier molecular flexibility index (Phi) is 4.28. The first-order valence-electron chi connectivity index (χ1n) is 7.19. The minimum atomic E-state index is -0.609. The fourth-order valence-electron chi connectivity index (χ4n) is 2.51. The van der Waals surface area contributed by atoms with Crippen LogP contribution in [0.2, 0.25) is 5.02 Å². The van der Waals surface area contributed by atoms with Crippen LogP contribution in [-0.4, -0.2) is 27.3 Å². The molecule has 0 spiro atoms. The quantitative estimate of drug-likeness (QED) is 0.567. The number of methoxy groups -OCH3 is 1. The third-order valence-corrected chi connectivity index (χ3v) is 3.94. The first kappa shape index (κ1) is 16.7. The Morgan fingerprint density at radius 1 is 1.40 bits per heavy atom. The second-order valence-corrected chi connectivity index (χ2v) is 5.60. The van der Waals surface area contributed by atoms with Crippen LogP contribution in [0.4, 0.5) is 11.4 Å². The Morgan fingerprint density at radius 3 is 2.84 bits per heavy atom. The summed E-state index contributed by atoms with van der Waals surface area (Å²) < 4.78 is 6.85. The molecule has 0 radical (unpaired) electrons. The van der Waals surface area contributed by atoms with E-state index in [9.17, 15) is 14.9 Å². The van der Waals surface area contributed by atoms with Crippen molar-refractivity contribution >= 4 is 34.5 Å². The first-order chi connectivity index (χ1) is 11.9. The topological polar surface area (TPSA) is 98.8 Å². The second kappa shape index (κ2) is 6.40. The summed E-state index contributed by atoms with van der Waals surface area (Å²) in [6.45, 7) is 1.70. The molecule has 0 bridgehead atoms. The fourth-order valence-corrected chi connectivity index (χ4v) is 2.70. The van der Waals surface area contributed by atoms with Crippen LogP contribution in [0.25, 0.3) is 5.65 Å². The first-order valence-corrected chi connectivity index (χ1v) is 7.57. The number of nitro benzene ring substituents is 1. The van der Waals surface area contributed by atoms with Crippen molar-refractivity contribution < 1.29 is 14.5 Å². The fraction of sp³-hybridized carbons (Fsp3) is 0.125. The molecule has 0 aliphatic rings. The van der Waals surface area contributed by atoms with Gasteiger partial charge in [-0.3, -0.25) is 19.3 Å². The van der Waals surface area contributed by atoms with Gasteiger partial charge in [-0.1, -0.05) is 11.6 Å². The molecule has 0 atom stereocenters. The number of nitrogens with zero attached hydrogens (tertiary/aromatic N) is 3. The number of amides is 1. The van der Waals surface area contributed by atoms with E-state index < -0.39 is 10.8 Å². The average molecular weight is 361 g/mol. The van der Waals surface area contributed by atoms with E-state index in [1.807, 2.05) is 0 Å². The van der Waals surface area contributed by atoms with Crippen LogP contribution in [0.1, 0.15) is 16.2 Å². The number of nitrogens with one attached hydrogen (secondary N) is 1. The maximum atomic E-state index is 12.7. The zero-order valence-corrected chi connectivity index (χ0v) is 14.1. The van der Waals surface area contributed by atoms with E-state index in [1.54, 1.807) is 29.7 Å². The van der Waals surface area contributed by atoms with E-state index in [0.29, 0.717) is 22.8 Å². The van der Waals surface area contributed by atoms with Crippen LogP contribution in [0.3, 0.4) is 0 Å². The molecule has 3 rings (SSSR count). The number of pyridine rings is 1. The number of ether oxygens (including phenoxy) is 1. The number of fused-ring (bicyclic) bond motifs is 1. The van der Waals surface area contributed by atoms with Gasteiger partial charge in [0.15, 0.2) is 11.4 Å². The molecular formula is C16H13ClN4O4. The minimum Gasteiger partial charge on any atom is -0.493 e. The second-order valence-electron chi connectivity index (χ2n) is 5.19. The van der Waals surface area contributed by atoms with Crippen molar-refractivity contribution in [2.75, 3.05) is 12.4 Å². The highest BCUT2D eigenvalue weighted by Crippen LogP contribution is 2.28. The number of hydrogen-bond donors (Lipinski definition) is 1. The molecule has 1 N–H and O–H groups in total. The van der Waals surface area contributed by atoms with Crippen molar-refractivity contribution in [2.45, 2.75) is 6.92 Å². The van der Waals surface area contributed by atoms with E-state index >= 15 is 0 Å². The molecule has 128 valence electrons. The summed E-state index contributed by atoms with van der Waals surface area (Å²) in [6, 6.07) is 7.54. The smallest absolute Gasteiger partial charge is 0.289 e. The Balaban J connectivity index is 2.00. The van der Waals surface area contributed by atoms with Crippen molar-refractivity contribution in [2.24, 2.45) is 0 Å². The van der Waals surface area contributed by atoms with Crippen LogP contribution in [-0.2, 0) is 0 Å². The maximum Gasteiger partial charge on any atom is 0.289 e. The highest BCUT2D eigenvalue weighted by atomic mass is 35.5. The monoisotopic (exact) mass is 360 g/mol. The number of imidazole rings is 1. The summed E-state index contributed by atoms with van der Waals surface area (Å²) in [6.07, 6.45) is 1.69. The molecule has 3 aromatic rings. The summed E-state index contributed by atoms with van der Waals surface area (Å²) in [5, 5.41) is 13.6. The molecule has 0 aliphatic carbocycles. The lowest BCUT2D eigenvalue weighted by atomic mass is 10.2.